The predicted octanol–water partition coefficient (Wildman–Crippen LogP) is 2.25. The van der Waals surface area contributed by atoms with Crippen LogP contribution in [0.4, 0.5) is 0 Å². The Labute approximate surface area is 91.1 Å². The van der Waals surface area contributed by atoms with Gasteiger partial charge in [0.25, 0.3) is 0 Å². The van der Waals surface area contributed by atoms with Gasteiger partial charge in [0.2, 0.25) is 7.37 Å². The lowest BCUT2D eigenvalue weighted by atomic mass is 10.2. The van der Waals surface area contributed by atoms with Crippen LogP contribution in [0.3, 0.4) is 0 Å². The number of rotatable bonds is 3. The van der Waals surface area contributed by atoms with Crippen LogP contribution in [0.1, 0.15) is 33.6 Å². The van der Waals surface area contributed by atoms with Crippen LogP contribution in [0, 0.1) is 0 Å². The molecule has 1 aliphatic carbocycles. The molecule has 0 aromatic rings. The normalized spacial score (nSPS) is 26.2. The van der Waals surface area contributed by atoms with Gasteiger partial charge in [0, 0.05) is 12.0 Å². The maximum Gasteiger partial charge on any atom is 0.222 e. The van der Waals surface area contributed by atoms with Gasteiger partial charge in [-0.3, -0.25) is 9.40 Å². The van der Waals surface area contributed by atoms with Crippen LogP contribution < -0.4 is 5.48 Å². The van der Waals surface area contributed by atoms with E-state index in [9.17, 15) is 9.46 Å². The van der Waals surface area contributed by atoms with Crippen LogP contribution >= 0.6 is 7.37 Å². The lowest BCUT2D eigenvalue weighted by Crippen LogP contribution is -2.34. The molecule has 5 heteroatoms. The summed E-state index contributed by atoms with van der Waals surface area (Å²) in [6.45, 7) is 7.24. The SMILES string of the molecule is CC(C)(C)ONC1C=C(P(C)(=O)O)CC1. The van der Waals surface area contributed by atoms with Crippen molar-refractivity contribution in [3.63, 3.8) is 0 Å². The molecule has 0 heterocycles. The van der Waals surface area contributed by atoms with Crippen LogP contribution in [0.2, 0.25) is 0 Å². The number of allylic oxidation sites excluding steroid dienone is 1. The minimum absolute atomic E-state index is 0.0552. The Morgan fingerprint density at radius 2 is 2.20 bits per heavy atom. The molecule has 1 rings (SSSR count). The average molecular weight is 233 g/mol. The Balaban J connectivity index is 2.49. The molecule has 0 bridgehead atoms. The van der Waals surface area contributed by atoms with Gasteiger partial charge in [-0.2, -0.15) is 5.48 Å². The van der Waals surface area contributed by atoms with E-state index in [1.54, 1.807) is 0 Å². The minimum atomic E-state index is -3.05. The summed E-state index contributed by atoms with van der Waals surface area (Å²) in [5, 5.41) is 0.650. The molecule has 0 saturated heterocycles. The Bertz CT molecular complexity index is 300. The van der Waals surface area contributed by atoms with E-state index in [2.05, 4.69) is 5.48 Å². The first kappa shape index (κ1) is 12.9. The summed E-state index contributed by atoms with van der Waals surface area (Å²) < 4.78 is 11.4. The fourth-order valence-electron chi connectivity index (χ4n) is 1.39. The summed E-state index contributed by atoms with van der Waals surface area (Å²) >= 11 is 0. The second-order valence-corrected chi connectivity index (χ2v) is 7.35. The molecule has 0 saturated carbocycles. The Kier molecular flexibility index (Phi) is 3.77. The molecule has 0 radical (unpaired) electrons. The number of hydroxylamine groups is 1. The van der Waals surface area contributed by atoms with E-state index in [0.717, 1.165) is 6.42 Å². The van der Waals surface area contributed by atoms with E-state index in [0.29, 0.717) is 11.7 Å². The van der Waals surface area contributed by atoms with Crippen molar-refractivity contribution in [1.82, 2.24) is 5.48 Å². The van der Waals surface area contributed by atoms with E-state index in [4.69, 9.17) is 4.84 Å². The number of nitrogens with one attached hydrogen (secondary N) is 1. The highest BCUT2D eigenvalue weighted by atomic mass is 31.2. The molecule has 0 aliphatic heterocycles. The molecule has 2 unspecified atom stereocenters. The van der Waals surface area contributed by atoms with E-state index < -0.39 is 7.37 Å². The van der Waals surface area contributed by atoms with E-state index >= 15 is 0 Å². The third-order valence-corrected chi connectivity index (χ3v) is 3.59. The van der Waals surface area contributed by atoms with Crippen molar-refractivity contribution in [3.05, 3.63) is 11.4 Å². The topological polar surface area (TPSA) is 58.6 Å². The van der Waals surface area contributed by atoms with E-state index in [1.807, 2.05) is 26.8 Å². The van der Waals surface area contributed by atoms with Gasteiger partial charge in [0.15, 0.2) is 0 Å². The first-order valence-corrected chi connectivity index (χ1v) is 7.24. The van der Waals surface area contributed by atoms with Crippen molar-refractivity contribution in [3.8, 4) is 0 Å². The fourth-order valence-corrected chi connectivity index (χ4v) is 2.39. The summed E-state index contributed by atoms with van der Waals surface area (Å²) in [5.41, 5.74) is 2.67. The van der Waals surface area contributed by atoms with Gasteiger partial charge < -0.3 is 4.89 Å². The van der Waals surface area contributed by atoms with Gasteiger partial charge >= 0.3 is 0 Å². The Morgan fingerprint density at radius 3 is 2.60 bits per heavy atom. The summed E-state index contributed by atoms with van der Waals surface area (Å²) in [6, 6.07) is 0.0552. The van der Waals surface area contributed by atoms with Crippen molar-refractivity contribution < 1.29 is 14.3 Å². The van der Waals surface area contributed by atoms with E-state index in [-0.39, 0.29) is 11.6 Å². The summed E-state index contributed by atoms with van der Waals surface area (Å²) in [4.78, 5) is 14.8. The molecule has 0 spiro atoms. The molecule has 15 heavy (non-hydrogen) atoms. The van der Waals surface area contributed by atoms with Crippen molar-refractivity contribution in [2.45, 2.75) is 45.3 Å². The van der Waals surface area contributed by atoms with Crippen LogP contribution in [-0.2, 0) is 9.40 Å². The molecular formula is C10H20NO3P. The molecule has 0 aromatic heterocycles. The Morgan fingerprint density at radius 1 is 1.60 bits per heavy atom. The predicted molar refractivity (Wildman–Crippen MR) is 60.8 cm³/mol. The molecule has 0 fully saturated rings. The first-order chi connectivity index (χ1) is 6.68. The molecule has 4 nitrogen and oxygen atoms in total. The molecule has 88 valence electrons. The quantitative estimate of drug-likeness (QED) is 0.580. The van der Waals surface area contributed by atoms with Crippen LogP contribution in [0.15, 0.2) is 11.4 Å². The smallest absolute Gasteiger partial charge is 0.222 e. The van der Waals surface area contributed by atoms with Gasteiger partial charge in [-0.05, 0) is 33.6 Å². The van der Waals surface area contributed by atoms with E-state index in [1.165, 1.54) is 6.66 Å². The molecule has 0 amide bonds. The third kappa shape index (κ3) is 4.47. The van der Waals surface area contributed by atoms with Crippen molar-refractivity contribution >= 4 is 7.37 Å². The molecule has 0 aromatic carbocycles. The lowest BCUT2D eigenvalue weighted by Gasteiger charge is -2.21. The third-order valence-electron chi connectivity index (χ3n) is 2.15. The van der Waals surface area contributed by atoms with Gasteiger partial charge in [-0.1, -0.05) is 6.08 Å². The fraction of sp³-hybridized carbons (Fsp3) is 0.800. The molecular weight excluding hydrogens is 213 g/mol. The van der Waals surface area contributed by atoms with Gasteiger partial charge in [-0.15, -0.1) is 0 Å². The zero-order chi connectivity index (χ0) is 11.7. The van der Waals surface area contributed by atoms with Gasteiger partial charge in [-0.25, -0.2) is 0 Å². The second-order valence-electron chi connectivity index (χ2n) is 5.01. The summed E-state index contributed by atoms with van der Waals surface area (Å²) in [5.74, 6) is 0. The minimum Gasteiger partial charge on any atom is -0.341 e. The average Bonchev–Trinajstić information content (AvgIpc) is 2.45. The van der Waals surface area contributed by atoms with Crippen molar-refractivity contribution in [2.24, 2.45) is 0 Å². The lowest BCUT2D eigenvalue weighted by molar-refractivity contribution is -0.0819. The zero-order valence-electron chi connectivity index (χ0n) is 9.78. The van der Waals surface area contributed by atoms with Gasteiger partial charge in [0.05, 0.1) is 11.6 Å². The largest absolute Gasteiger partial charge is 0.341 e. The number of hydrogen-bond donors (Lipinski definition) is 2. The Hall–Kier alpha value is -0.150. The summed E-state index contributed by atoms with van der Waals surface area (Å²) in [7, 11) is -3.05. The maximum absolute atomic E-state index is 11.4. The standard InChI is InChI=1S/C10H20NO3P/c1-10(2,3)14-11-8-5-6-9(7-8)15(4,12)13/h7-8,11H,5-6H2,1-4H3,(H,12,13). The monoisotopic (exact) mass is 233 g/mol. The van der Waals surface area contributed by atoms with Gasteiger partial charge in [0.1, 0.15) is 0 Å². The summed E-state index contributed by atoms with van der Waals surface area (Å²) in [6.07, 6.45) is 3.31. The van der Waals surface area contributed by atoms with Crippen LogP contribution in [0.25, 0.3) is 0 Å². The number of hydrogen-bond acceptors (Lipinski definition) is 3. The zero-order valence-corrected chi connectivity index (χ0v) is 10.7. The molecule has 2 N–H and O–H groups in total. The van der Waals surface area contributed by atoms with Crippen molar-refractivity contribution in [1.29, 1.82) is 0 Å². The molecule has 1 aliphatic rings. The van der Waals surface area contributed by atoms with Crippen molar-refractivity contribution in [2.75, 3.05) is 6.66 Å². The highest BCUT2D eigenvalue weighted by molar-refractivity contribution is 7.61. The first-order valence-electron chi connectivity index (χ1n) is 5.13. The molecule has 2 atom stereocenters. The maximum atomic E-state index is 11.4. The highest BCUT2D eigenvalue weighted by Crippen LogP contribution is 2.50. The van der Waals surface area contributed by atoms with Crippen LogP contribution in [-0.4, -0.2) is 23.2 Å². The second kappa shape index (κ2) is 4.38. The highest BCUT2D eigenvalue weighted by Gasteiger charge is 2.26. The van der Waals surface area contributed by atoms with Crippen LogP contribution in [0.5, 0.6) is 0 Å².